The fraction of sp³-hybridized carbons (Fsp3) is 0.222. The molecule has 0 saturated carbocycles. The normalized spacial score (nSPS) is 11.2. The molecule has 1 aromatic carbocycles. The Kier molecular flexibility index (Phi) is 5.78. The van der Waals surface area contributed by atoms with Crippen LogP contribution in [0.25, 0.3) is 6.08 Å². The van der Waals surface area contributed by atoms with Crippen LogP contribution < -0.4 is 15.4 Å². The minimum absolute atomic E-state index is 0.0598. The Hall–Kier alpha value is -3.02. The molecule has 0 spiro atoms. The van der Waals surface area contributed by atoms with Crippen LogP contribution in [-0.4, -0.2) is 25.0 Å². The van der Waals surface area contributed by atoms with Gasteiger partial charge in [-0.25, -0.2) is 0 Å². The van der Waals surface area contributed by atoms with E-state index in [0.717, 1.165) is 0 Å². The third kappa shape index (κ3) is 4.74. The van der Waals surface area contributed by atoms with Crippen LogP contribution in [0.15, 0.2) is 52.8 Å². The molecule has 0 aliphatic heterocycles. The van der Waals surface area contributed by atoms with E-state index >= 15 is 0 Å². The molecule has 2 rings (SSSR count). The maximum absolute atomic E-state index is 12.4. The molecular formula is C18H20N2O4. The Morgan fingerprint density at radius 2 is 1.88 bits per heavy atom. The minimum Gasteiger partial charge on any atom is -0.497 e. The Morgan fingerprint density at radius 3 is 2.42 bits per heavy atom. The van der Waals surface area contributed by atoms with Crippen molar-refractivity contribution in [2.45, 2.75) is 19.9 Å². The maximum atomic E-state index is 12.4. The zero-order chi connectivity index (χ0) is 17.5. The van der Waals surface area contributed by atoms with Gasteiger partial charge in [0.1, 0.15) is 17.2 Å². The summed E-state index contributed by atoms with van der Waals surface area (Å²) in [4.78, 5) is 24.7. The number of carbonyl (C=O) groups excluding carboxylic acids is 2. The highest BCUT2D eigenvalue weighted by molar-refractivity contribution is 6.05. The molecule has 1 aromatic heterocycles. The van der Waals surface area contributed by atoms with Crippen molar-refractivity contribution < 1.29 is 18.7 Å². The average molecular weight is 328 g/mol. The third-order valence-corrected chi connectivity index (χ3v) is 3.09. The van der Waals surface area contributed by atoms with E-state index in [1.165, 1.54) is 12.3 Å². The van der Waals surface area contributed by atoms with Gasteiger partial charge in [0.05, 0.1) is 13.4 Å². The van der Waals surface area contributed by atoms with Crippen molar-refractivity contribution in [3.05, 3.63) is 59.7 Å². The topological polar surface area (TPSA) is 80.6 Å². The van der Waals surface area contributed by atoms with Crippen molar-refractivity contribution in [3.8, 4) is 5.75 Å². The third-order valence-electron chi connectivity index (χ3n) is 3.09. The van der Waals surface area contributed by atoms with Crippen LogP contribution in [0.5, 0.6) is 5.75 Å². The van der Waals surface area contributed by atoms with Gasteiger partial charge in [-0.2, -0.15) is 0 Å². The molecule has 0 radical (unpaired) electrons. The van der Waals surface area contributed by atoms with E-state index in [-0.39, 0.29) is 17.6 Å². The Bertz CT molecular complexity index is 716. The molecule has 0 aliphatic rings. The van der Waals surface area contributed by atoms with Crippen LogP contribution in [0, 0.1) is 0 Å². The molecule has 2 N–H and O–H groups in total. The molecule has 2 amide bonds. The zero-order valence-corrected chi connectivity index (χ0v) is 13.8. The smallest absolute Gasteiger partial charge is 0.268 e. The molecule has 0 atom stereocenters. The molecule has 0 unspecified atom stereocenters. The number of nitrogens with one attached hydrogen (secondary N) is 2. The Balaban J connectivity index is 2.20. The summed E-state index contributed by atoms with van der Waals surface area (Å²) in [5.74, 6) is 0.340. The van der Waals surface area contributed by atoms with Gasteiger partial charge in [-0.15, -0.1) is 0 Å². The first-order valence-corrected chi connectivity index (χ1v) is 7.51. The van der Waals surface area contributed by atoms with Crippen LogP contribution in [-0.2, 0) is 4.79 Å². The lowest BCUT2D eigenvalue weighted by atomic mass is 10.2. The lowest BCUT2D eigenvalue weighted by Crippen LogP contribution is -2.38. The summed E-state index contributed by atoms with van der Waals surface area (Å²) in [6.07, 6.45) is 2.98. The monoisotopic (exact) mass is 328 g/mol. The summed E-state index contributed by atoms with van der Waals surface area (Å²) in [5.41, 5.74) is 0.526. The first-order chi connectivity index (χ1) is 11.5. The number of furan rings is 1. The second-order valence-corrected chi connectivity index (χ2v) is 5.38. The fourth-order valence-corrected chi connectivity index (χ4v) is 1.95. The number of benzene rings is 1. The van der Waals surface area contributed by atoms with Gasteiger partial charge in [0.2, 0.25) is 0 Å². The highest BCUT2D eigenvalue weighted by Gasteiger charge is 2.16. The number of hydrogen-bond donors (Lipinski definition) is 2. The van der Waals surface area contributed by atoms with Crippen molar-refractivity contribution in [2.75, 3.05) is 7.11 Å². The summed E-state index contributed by atoms with van der Waals surface area (Å²) in [5, 5.41) is 5.37. The molecule has 0 fully saturated rings. The van der Waals surface area contributed by atoms with Gasteiger partial charge in [-0.3, -0.25) is 9.59 Å². The van der Waals surface area contributed by atoms with E-state index in [2.05, 4.69) is 10.6 Å². The minimum atomic E-state index is -0.394. The predicted octanol–water partition coefficient (Wildman–Crippen LogP) is 2.58. The first kappa shape index (κ1) is 17.3. The van der Waals surface area contributed by atoms with E-state index in [0.29, 0.717) is 17.1 Å². The quantitative estimate of drug-likeness (QED) is 0.799. The van der Waals surface area contributed by atoms with Gasteiger partial charge in [0, 0.05) is 17.7 Å². The fourth-order valence-electron chi connectivity index (χ4n) is 1.95. The molecule has 6 heteroatoms. The molecule has 0 bridgehead atoms. The zero-order valence-electron chi connectivity index (χ0n) is 13.8. The SMILES string of the molecule is COc1ccc(C(=O)N/C(=C\c2ccco2)C(=O)NC(C)C)cc1. The molecule has 24 heavy (non-hydrogen) atoms. The Labute approximate surface area is 140 Å². The van der Waals surface area contributed by atoms with Gasteiger partial charge in [0.15, 0.2) is 0 Å². The van der Waals surface area contributed by atoms with Crippen LogP contribution in [0.1, 0.15) is 30.0 Å². The van der Waals surface area contributed by atoms with Gasteiger partial charge in [0.25, 0.3) is 11.8 Å². The summed E-state index contributed by atoms with van der Waals surface area (Å²) in [6, 6.07) is 9.95. The first-order valence-electron chi connectivity index (χ1n) is 7.51. The van der Waals surface area contributed by atoms with Crippen molar-refractivity contribution >= 4 is 17.9 Å². The number of carbonyl (C=O) groups is 2. The molecule has 1 heterocycles. The lowest BCUT2D eigenvalue weighted by Gasteiger charge is -2.13. The molecule has 0 aliphatic carbocycles. The highest BCUT2D eigenvalue weighted by Crippen LogP contribution is 2.12. The van der Waals surface area contributed by atoms with Gasteiger partial charge < -0.3 is 19.8 Å². The van der Waals surface area contributed by atoms with Gasteiger partial charge >= 0.3 is 0 Å². The number of methoxy groups -OCH3 is 1. The molecule has 126 valence electrons. The van der Waals surface area contributed by atoms with Crippen LogP contribution >= 0.6 is 0 Å². The average Bonchev–Trinajstić information content (AvgIpc) is 3.06. The van der Waals surface area contributed by atoms with E-state index in [1.807, 2.05) is 13.8 Å². The number of amides is 2. The number of hydrogen-bond acceptors (Lipinski definition) is 4. The van der Waals surface area contributed by atoms with Gasteiger partial charge in [-0.1, -0.05) is 0 Å². The summed E-state index contributed by atoms with van der Waals surface area (Å²) >= 11 is 0. The van der Waals surface area contributed by atoms with E-state index < -0.39 is 5.91 Å². The van der Waals surface area contributed by atoms with Gasteiger partial charge in [-0.05, 0) is 50.2 Å². The van der Waals surface area contributed by atoms with Crippen LogP contribution in [0.4, 0.5) is 0 Å². The van der Waals surface area contributed by atoms with E-state index in [1.54, 1.807) is 43.5 Å². The lowest BCUT2D eigenvalue weighted by molar-refractivity contribution is -0.118. The summed E-state index contributed by atoms with van der Waals surface area (Å²) < 4.78 is 10.3. The van der Waals surface area contributed by atoms with Crippen molar-refractivity contribution in [1.29, 1.82) is 0 Å². The van der Waals surface area contributed by atoms with Crippen molar-refractivity contribution in [1.82, 2.24) is 10.6 Å². The largest absolute Gasteiger partial charge is 0.497 e. The number of rotatable bonds is 6. The highest BCUT2D eigenvalue weighted by atomic mass is 16.5. The number of ether oxygens (including phenoxy) is 1. The van der Waals surface area contributed by atoms with Crippen molar-refractivity contribution in [2.24, 2.45) is 0 Å². The predicted molar refractivity (Wildman–Crippen MR) is 90.4 cm³/mol. The maximum Gasteiger partial charge on any atom is 0.268 e. The van der Waals surface area contributed by atoms with Crippen LogP contribution in [0.2, 0.25) is 0 Å². The van der Waals surface area contributed by atoms with E-state index in [9.17, 15) is 9.59 Å². The Morgan fingerprint density at radius 1 is 1.17 bits per heavy atom. The molecule has 6 nitrogen and oxygen atoms in total. The summed E-state index contributed by atoms with van der Waals surface area (Å²) in [7, 11) is 1.55. The van der Waals surface area contributed by atoms with Crippen molar-refractivity contribution in [3.63, 3.8) is 0 Å². The van der Waals surface area contributed by atoms with Crippen LogP contribution in [0.3, 0.4) is 0 Å². The summed E-state index contributed by atoms with van der Waals surface area (Å²) in [6.45, 7) is 3.68. The molecule has 2 aromatic rings. The standard InChI is InChI=1S/C18H20N2O4/c1-12(2)19-18(22)16(11-15-5-4-10-24-15)20-17(21)13-6-8-14(23-3)9-7-13/h4-12H,1-3H3,(H,19,22)(H,20,21)/b16-11-. The molecular weight excluding hydrogens is 308 g/mol. The second-order valence-electron chi connectivity index (χ2n) is 5.38. The molecule has 0 saturated heterocycles. The second kappa shape index (κ2) is 8.01. The van der Waals surface area contributed by atoms with E-state index in [4.69, 9.17) is 9.15 Å².